The van der Waals surface area contributed by atoms with Crippen LogP contribution in [0.5, 0.6) is 0 Å². The fourth-order valence-electron chi connectivity index (χ4n) is 1.93. The third-order valence-corrected chi connectivity index (χ3v) is 3.10. The van der Waals surface area contributed by atoms with Crippen LogP contribution in [-0.2, 0) is 10.2 Å². The number of amides is 1. The third kappa shape index (κ3) is 1.85. The van der Waals surface area contributed by atoms with Crippen LogP contribution >= 0.6 is 11.6 Å². The van der Waals surface area contributed by atoms with Gasteiger partial charge in [-0.3, -0.25) is 4.79 Å². The Kier molecular flexibility index (Phi) is 2.67. The van der Waals surface area contributed by atoms with Crippen molar-refractivity contribution in [2.45, 2.75) is 11.8 Å². The standard InChI is InChI=1S/C11H12ClNO2/c12-9-3-1-2-8(4-9)11(7-14)5-10(15)13-6-11/h1-4,14H,5-7H2,(H,13,15). The summed E-state index contributed by atoms with van der Waals surface area (Å²) in [5.74, 6) is -0.0241. The lowest BCUT2D eigenvalue weighted by Crippen LogP contribution is -2.32. The number of aliphatic hydroxyl groups is 1. The molecule has 0 aliphatic carbocycles. The molecule has 1 unspecified atom stereocenters. The predicted octanol–water partition coefficient (Wildman–Crippen LogP) is 1.09. The van der Waals surface area contributed by atoms with Gasteiger partial charge in [-0.15, -0.1) is 0 Å². The lowest BCUT2D eigenvalue weighted by Gasteiger charge is -2.25. The Bertz CT molecular complexity index is 394. The molecule has 3 nitrogen and oxygen atoms in total. The van der Waals surface area contributed by atoms with Crippen molar-refractivity contribution in [2.75, 3.05) is 13.2 Å². The first-order valence-corrected chi connectivity index (χ1v) is 5.18. The SMILES string of the molecule is O=C1CC(CO)(c2cccc(Cl)c2)CN1. The summed E-state index contributed by atoms with van der Waals surface area (Å²) in [6, 6.07) is 7.30. The van der Waals surface area contributed by atoms with Crippen LogP contribution in [0.25, 0.3) is 0 Å². The topological polar surface area (TPSA) is 49.3 Å². The molecule has 4 heteroatoms. The fraction of sp³-hybridized carbons (Fsp3) is 0.364. The molecule has 0 aromatic heterocycles. The average molecular weight is 226 g/mol. The van der Waals surface area contributed by atoms with E-state index < -0.39 is 5.41 Å². The van der Waals surface area contributed by atoms with E-state index in [-0.39, 0.29) is 12.5 Å². The molecule has 2 N–H and O–H groups in total. The van der Waals surface area contributed by atoms with Crippen LogP contribution < -0.4 is 5.32 Å². The summed E-state index contributed by atoms with van der Waals surface area (Å²) in [4.78, 5) is 11.2. The minimum absolute atomic E-state index is 0.0241. The fourth-order valence-corrected chi connectivity index (χ4v) is 2.12. The Hall–Kier alpha value is -1.06. The summed E-state index contributed by atoms with van der Waals surface area (Å²) in [6.07, 6.45) is 0.323. The van der Waals surface area contributed by atoms with Gasteiger partial charge in [-0.05, 0) is 17.7 Å². The number of hydrogen-bond acceptors (Lipinski definition) is 2. The highest BCUT2D eigenvalue weighted by Crippen LogP contribution is 2.32. The quantitative estimate of drug-likeness (QED) is 0.792. The Morgan fingerprint density at radius 3 is 2.87 bits per heavy atom. The van der Waals surface area contributed by atoms with Gasteiger partial charge in [0.1, 0.15) is 0 Å². The molecule has 2 rings (SSSR count). The van der Waals surface area contributed by atoms with Gasteiger partial charge in [-0.25, -0.2) is 0 Å². The Morgan fingerprint density at radius 2 is 2.33 bits per heavy atom. The number of nitrogens with one attached hydrogen (secondary N) is 1. The van der Waals surface area contributed by atoms with Crippen molar-refractivity contribution in [3.8, 4) is 0 Å². The average Bonchev–Trinajstić information content (AvgIpc) is 2.61. The van der Waals surface area contributed by atoms with E-state index >= 15 is 0 Å². The van der Waals surface area contributed by atoms with Crippen LogP contribution in [0.2, 0.25) is 5.02 Å². The van der Waals surface area contributed by atoms with E-state index in [0.29, 0.717) is 18.0 Å². The van der Waals surface area contributed by atoms with E-state index in [1.54, 1.807) is 12.1 Å². The maximum Gasteiger partial charge on any atom is 0.221 e. The van der Waals surface area contributed by atoms with Crippen molar-refractivity contribution in [3.05, 3.63) is 34.9 Å². The summed E-state index contributed by atoms with van der Waals surface area (Å²) in [7, 11) is 0. The molecular weight excluding hydrogens is 214 g/mol. The van der Waals surface area contributed by atoms with E-state index in [1.165, 1.54) is 0 Å². The molecule has 1 fully saturated rings. The normalized spacial score (nSPS) is 25.3. The van der Waals surface area contributed by atoms with Crippen molar-refractivity contribution in [2.24, 2.45) is 0 Å². The molecule has 0 spiro atoms. The van der Waals surface area contributed by atoms with Gasteiger partial charge in [0.25, 0.3) is 0 Å². The summed E-state index contributed by atoms with van der Waals surface area (Å²) in [5, 5.41) is 12.8. The third-order valence-electron chi connectivity index (χ3n) is 2.86. The molecule has 1 aromatic carbocycles. The second-order valence-corrected chi connectivity index (χ2v) is 4.34. The van der Waals surface area contributed by atoms with Crippen LogP contribution in [0.4, 0.5) is 0 Å². The smallest absolute Gasteiger partial charge is 0.221 e. The number of hydrogen-bond donors (Lipinski definition) is 2. The Labute approximate surface area is 93.1 Å². The first kappa shape index (κ1) is 10.5. The molecule has 1 aliphatic heterocycles. The number of benzene rings is 1. The van der Waals surface area contributed by atoms with Crippen molar-refractivity contribution in [3.63, 3.8) is 0 Å². The van der Waals surface area contributed by atoms with Crippen molar-refractivity contribution in [1.29, 1.82) is 0 Å². The van der Waals surface area contributed by atoms with Crippen molar-refractivity contribution in [1.82, 2.24) is 5.32 Å². The van der Waals surface area contributed by atoms with Gasteiger partial charge in [0.15, 0.2) is 0 Å². The van der Waals surface area contributed by atoms with Crippen LogP contribution in [0.1, 0.15) is 12.0 Å². The zero-order valence-corrected chi connectivity index (χ0v) is 8.92. The maximum absolute atomic E-state index is 11.2. The number of carbonyl (C=O) groups is 1. The second-order valence-electron chi connectivity index (χ2n) is 3.90. The minimum Gasteiger partial charge on any atom is -0.395 e. The number of carbonyl (C=O) groups excluding carboxylic acids is 1. The lowest BCUT2D eigenvalue weighted by molar-refractivity contribution is -0.119. The van der Waals surface area contributed by atoms with Gasteiger partial charge < -0.3 is 10.4 Å². The Balaban J connectivity index is 2.38. The summed E-state index contributed by atoms with van der Waals surface area (Å²) in [6.45, 7) is 0.425. The largest absolute Gasteiger partial charge is 0.395 e. The molecular formula is C11H12ClNO2. The monoisotopic (exact) mass is 225 g/mol. The highest BCUT2D eigenvalue weighted by Gasteiger charge is 2.39. The summed E-state index contributed by atoms with van der Waals surface area (Å²) >= 11 is 5.89. The summed E-state index contributed by atoms with van der Waals surface area (Å²) < 4.78 is 0. The molecule has 15 heavy (non-hydrogen) atoms. The number of halogens is 1. The van der Waals surface area contributed by atoms with E-state index in [4.69, 9.17) is 11.6 Å². The van der Waals surface area contributed by atoms with Gasteiger partial charge in [0, 0.05) is 23.4 Å². The molecule has 1 heterocycles. The van der Waals surface area contributed by atoms with E-state index in [0.717, 1.165) is 5.56 Å². The first-order valence-electron chi connectivity index (χ1n) is 4.80. The highest BCUT2D eigenvalue weighted by molar-refractivity contribution is 6.30. The van der Waals surface area contributed by atoms with Crippen LogP contribution in [-0.4, -0.2) is 24.2 Å². The molecule has 1 aromatic rings. The first-order chi connectivity index (χ1) is 7.16. The molecule has 80 valence electrons. The molecule has 0 saturated carbocycles. The molecule has 1 aliphatic rings. The van der Waals surface area contributed by atoms with E-state index in [1.807, 2.05) is 12.1 Å². The summed E-state index contributed by atoms with van der Waals surface area (Å²) in [5.41, 5.74) is 0.415. The highest BCUT2D eigenvalue weighted by atomic mass is 35.5. The Morgan fingerprint density at radius 1 is 1.53 bits per heavy atom. The van der Waals surface area contributed by atoms with Gasteiger partial charge in [-0.2, -0.15) is 0 Å². The second kappa shape index (κ2) is 3.83. The molecule has 0 radical (unpaired) electrons. The zero-order valence-electron chi connectivity index (χ0n) is 8.16. The van der Waals surface area contributed by atoms with Gasteiger partial charge >= 0.3 is 0 Å². The lowest BCUT2D eigenvalue weighted by atomic mass is 9.80. The van der Waals surface area contributed by atoms with Gasteiger partial charge in [-0.1, -0.05) is 23.7 Å². The molecule has 1 amide bonds. The maximum atomic E-state index is 11.2. The number of aliphatic hydroxyl groups excluding tert-OH is 1. The van der Waals surface area contributed by atoms with Crippen LogP contribution in [0, 0.1) is 0 Å². The zero-order chi connectivity index (χ0) is 10.9. The molecule has 0 bridgehead atoms. The molecule has 1 saturated heterocycles. The molecule has 1 atom stereocenters. The van der Waals surface area contributed by atoms with Gasteiger partial charge in [0.2, 0.25) is 5.91 Å². The van der Waals surface area contributed by atoms with E-state index in [9.17, 15) is 9.90 Å². The predicted molar refractivity (Wildman–Crippen MR) is 57.8 cm³/mol. The van der Waals surface area contributed by atoms with Crippen molar-refractivity contribution >= 4 is 17.5 Å². The van der Waals surface area contributed by atoms with Crippen LogP contribution in [0.3, 0.4) is 0 Å². The van der Waals surface area contributed by atoms with E-state index in [2.05, 4.69) is 5.32 Å². The van der Waals surface area contributed by atoms with Crippen LogP contribution in [0.15, 0.2) is 24.3 Å². The minimum atomic E-state index is -0.498. The number of rotatable bonds is 2. The van der Waals surface area contributed by atoms with Gasteiger partial charge in [0.05, 0.1) is 6.61 Å². The van der Waals surface area contributed by atoms with Crippen molar-refractivity contribution < 1.29 is 9.90 Å².